The van der Waals surface area contributed by atoms with E-state index in [9.17, 15) is 10.1 Å². The maximum atomic E-state index is 11.1. The van der Waals surface area contributed by atoms with Crippen LogP contribution in [0.15, 0.2) is 28.7 Å². The Morgan fingerprint density at radius 1 is 1.35 bits per heavy atom. The SMILES string of the molecule is CNc1nc(C)c([N+](=O)[O-])c(Oc2ccccc2Br)n1. The van der Waals surface area contributed by atoms with Gasteiger partial charge in [-0.15, -0.1) is 0 Å². The highest BCUT2D eigenvalue weighted by Gasteiger charge is 2.24. The summed E-state index contributed by atoms with van der Waals surface area (Å²) in [4.78, 5) is 18.6. The molecule has 0 amide bonds. The van der Waals surface area contributed by atoms with Crippen LogP contribution in [0.2, 0.25) is 0 Å². The van der Waals surface area contributed by atoms with Gasteiger partial charge in [-0.2, -0.15) is 4.98 Å². The summed E-state index contributed by atoms with van der Waals surface area (Å²) < 4.78 is 6.22. The van der Waals surface area contributed by atoms with Crippen molar-refractivity contribution in [3.63, 3.8) is 0 Å². The van der Waals surface area contributed by atoms with Crippen LogP contribution >= 0.6 is 15.9 Å². The van der Waals surface area contributed by atoms with Crippen molar-refractivity contribution in [2.75, 3.05) is 12.4 Å². The van der Waals surface area contributed by atoms with Crippen molar-refractivity contribution in [3.8, 4) is 11.6 Å². The number of nitrogens with one attached hydrogen (secondary N) is 1. The maximum Gasteiger partial charge on any atom is 0.352 e. The third kappa shape index (κ3) is 2.85. The molecule has 104 valence electrons. The lowest BCUT2D eigenvalue weighted by Crippen LogP contribution is -2.05. The minimum absolute atomic E-state index is 0.0984. The van der Waals surface area contributed by atoms with Crippen LogP contribution in [0.5, 0.6) is 11.6 Å². The molecular formula is C12H11BrN4O3. The van der Waals surface area contributed by atoms with Gasteiger partial charge in [-0.25, -0.2) is 4.98 Å². The van der Waals surface area contributed by atoms with Crippen molar-refractivity contribution in [2.45, 2.75) is 6.92 Å². The summed E-state index contributed by atoms with van der Waals surface area (Å²) in [6.07, 6.45) is 0. The summed E-state index contributed by atoms with van der Waals surface area (Å²) in [5.74, 6) is 0.602. The molecule has 1 aromatic heterocycles. The number of benzene rings is 1. The van der Waals surface area contributed by atoms with Crippen molar-refractivity contribution in [3.05, 3.63) is 44.5 Å². The quantitative estimate of drug-likeness (QED) is 0.679. The molecule has 0 radical (unpaired) electrons. The van der Waals surface area contributed by atoms with Gasteiger partial charge in [0.1, 0.15) is 11.4 Å². The normalized spacial score (nSPS) is 10.2. The molecule has 1 heterocycles. The number of nitrogens with zero attached hydrogens (tertiary/aromatic N) is 3. The lowest BCUT2D eigenvalue weighted by Gasteiger charge is -2.09. The number of nitro groups is 1. The molecule has 0 unspecified atom stereocenters. The van der Waals surface area contributed by atoms with E-state index in [2.05, 4.69) is 31.2 Å². The molecule has 2 rings (SSSR count). The number of para-hydroxylation sites is 1. The van der Waals surface area contributed by atoms with Gasteiger partial charge >= 0.3 is 11.6 Å². The lowest BCUT2D eigenvalue weighted by molar-refractivity contribution is -0.386. The second-order valence-corrected chi connectivity index (χ2v) is 4.68. The van der Waals surface area contributed by atoms with Crippen molar-refractivity contribution in [1.29, 1.82) is 0 Å². The van der Waals surface area contributed by atoms with Gasteiger partial charge in [0.05, 0.1) is 9.40 Å². The second-order valence-electron chi connectivity index (χ2n) is 3.83. The van der Waals surface area contributed by atoms with Crippen molar-refractivity contribution >= 4 is 27.6 Å². The summed E-state index contributed by atoms with van der Waals surface area (Å²) >= 11 is 3.32. The zero-order valence-corrected chi connectivity index (χ0v) is 12.3. The number of halogens is 1. The van der Waals surface area contributed by atoms with Crippen LogP contribution in [-0.2, 0) is 0 Å². The fraction of sp³-hybridized carbons (Fsp3) is 0.167. The molecule has 8 heteroatoms. The highest BCUT2D eigenvalue weighted by atomic mass is 79.9. The molecule has 0 bridgehead atoms. The van der Waals surface area contributed by atoms with Crippen LogP contribution in [0.1, 0.15) is 5.69 Å². The Morgan fingerprint density at radius 2 is 2.05 bits per heavy atom. The Kier molecular flexibility index (Phi) is 4.14. The van der Waals surface area contributed by atoms with Gasteiger partial charge in [0.25, 0.3) is 0 Å². The predicted molar refractivity (Wildman–Crippen MR) is 77.2 cm³/mol. The van der Waals surface area contributed by atoms with Crippen LogP contribution in [-0.4, -0.2) is 21.9 Å². The molecule has 0 aliphatic rings. The molecule has 0 spiro atoms. The summed E-state index contributed by atoms with van der Waals surface area (Å²) in [7, 11) is 1.63. The van der Waals surface area contributed by atoms with Gasteiger partial charge in [-0.05, 0) is 35.0 Å². The third-order valence-electron chi connectivity index (χ3n) is 2.48. The highest BCUT2D eigenvalue weighted by Crippen LogP contribution is 2.35. The average molecular weight is 339 g/mol. The third-order valence-corrected chi connectivity index (χ3v) is 3.13. The number of anilines is 1. The lowest BCUT2D eigenvalue weighted by atomic mass is 10.3. The van der Waals surface area contributed by atoms with Crippen LogP contribution in [0.3, 0.4) is 0 Å². The van der Waals surface area contributed by atoms with Crippen LogP contribution in [0.25, 0.3) is 0 Å². The summed E-state index contributed by atoms with van der Waals surface area (Å²) in [5.41, 5.74) is -0.0174. The minimum Gasteiger partial charge on any atom is -0.432 e. The van der Waals surface area contributed by atoms with Gasteiger partial charge in [-0.3, -0.25) is 10.1 Å². The van der Waals surface area contributed by atoms with E-state index in [0.29, 0.717) is 10.2 Å². The first-order valence-electron chi connectivity index (χ1n) is 5.66. The number of aryl methyl sites for hydroxylation is 1. The van der Waals surface area contributed by atoms with Gasteiger partial charge in [0, 0.05) is 7.05 Å². The molecule has 0 aliphatic carbocycles. The Labute approximate surface area is 123 Å². The van der Waals surface area contributed by atoms with E-state index in [1.165, 1.54) is 6.92 Å². The van der Waals surface area contributed by atoms with E-state index >= 15 is 0 Å². The first-order valence-corrected chi connectivity index (χ1v) is 6.45. The number of hydrogen-bond acceptors (Lipinski definition) is 6. The van der Waals surface area contributed by atoms with E-state index < -0.39 is 4.92 Å². The monoisotopic (exact) mass is 338 g/mol. The molecule has 0 fully saturated rings. The largest absolute Gasteiger partial charge is 0.432 e. The predicted octanol–water partition coefficient (Wildman–Crippen LogP) is 3.29. The summed E-state index contributed by atoms with van der Waals surface area (Å²) in [5, 5.41) is 13.9. The Bertz CT molecular complexity index is 663. The highest BCUT2D eigenvalue weighted by molar-refractivity contribution is 9.10. The Morgan fingerprint density at radius 3 is 2.65 bits per heavy atom. The second kappa shape index (κ2) is 5.83. The molecule has 1 N–H and O–H groups in total. The summed E-state index contributed by atoms with van der Waals surface area (Å²) in [6.45, 7) is 1.54. The molecule has 7 nitrogen and oxygen atoms in total. The molecule has 0 atom stereocenters. The molecule has 0 saturated carbocycles. The topological polar surface area (TPSA) is 90.2 Å². The Balaban J connectivity index is 2.52. The smallest absolute Gasteiger partial charge is 0.352 e. The van der Waals surface area contributed by atoms with Gasteiger partial charge in [-0.1, -0.05) is 12.1 Å². The molecule has 1 aromatic carbocycles. The molecular weight excluding hydrogens is 328 g/mol. The van der Waals surface area contributed by atoms with Crippen molar-refractivity contribution in [1.82, 2.24) is 9.97 Å². The summed E-state index contributed by atoms with van der Waals surface area (Å²) in [6, 6.07) is 7.03. The fourth-order valence-corrected chi connectivity index (χ4v) is 1.93. The van der Waals surface area contributed by atoms with E-state index in [1.54, 1.807) is 25.2 Å². The van der Waals surface area contributed by atoms with E-state index in [-0.39, 0.29) is 23.2 Å². The molecule has 20 heavy (non-hydrogen) atoms. The van der Waals surface area contributed by atoms with E-state index in [1.807, 2.05) is 6.07 Å². The van der Waals surface area contributed by atoms with Crippen molar-refractivity contribution in [2.24, 2.45) is 0 Å². The van der Waals surface area contributed by atoms with Gasteiger partial charge < -0.3 is 10.1 Å². The maximum absolute atomic E-state index is 11.1. The standard InChI is InChI=1S/C12H11BrN4O3/c1-7-10(17(18)19)11(16-12(14-2)15-7)20-9-6-4-3-5-8(9)13/h3-6H,1-2H3,(H,14,15,16). The van der Waals surface area contributed by atoms with Gasteiger partial charge in [0.15, 0.2) is 0 Å². The van der Waals surface area contributed by atoms with Crippen LogP contribution in [0.4, 0.5) is 11.6 Å². The zero-order valence-electron chi connectivity index (χ0n) is 10.8. The first kappa shape index (κ1) is 14.2. The molecule has 0 saturated heterocycles. The van der Waals surface area contributed by atoms with E-state index in [0.717, 1.165) is 0 Å². The number of aromatic nitrogens is 2. The zero-order chi connectivity index (χ0) is 14.7. The first-order chi connectivity index (χ1) is 9.52. The minimum atomic E-state index is -0.555. The van der Waals surface area contributed by atoms with Gasteiger partial charge in [0.2, 0.25) is 5.95 Å². The van der Waals surface area contributed by atoms with Crippen LogP contribution < -0.4 is 10.1 Å². The van der Waals surface area contributed by atoms with Crippen molar-refractivity contribution < 1.29 is 9.66 Å². The Hall–Kier alpha value is -2.22. The van der Waals surface area contributed by atoms with Crippen LogP contribution in [0, 0.1) is 17.0 Å². The molecule has 2 aromatic rings. The van der Waals surface area contributed by atoms with E-state index in [4.69, 9.17) is 4.74 Å². The number of ether oxygens (including phenoxy) is 1. The molecule has 0 aliphatic heterocycles. The fourth-order valence-electron chi connectivity index (χ4n) is 1.57. The average Bonchev–Trinajstić information content (AvgIpc) is 2.40. The number of hydrogen-bond donors (Lipinski definition) is 1. The number of rotatable bonds is 4.